The Balaban J connectivity index is 2.66. The van der Waals surface area contributed by atoms with Crippen molar-refractivity contribution in [2.75, 3.05) is 20.3 Å². The van der Waals surface area contributed by atoms with E-state index in [0.29, 0.717) is 12.5 Å². The largest absolute Gasteiger partial charge is 0.493 e. The molecule has 1 rings (SSSR count). The van der Waals surface area contributed by atoms with Crippen molar-refractivity contribution in [1.29, 1.82) is 0 Å². The highest BCUT2D eigenvalue weighted by Gasteiger charge is 2.10. The molecule has 1 atom stereocenters. The minimum atomic E-state index is 0.623. The molecule has 0 saturated heterocycles. The minimum Gasteiger partial charge on any atom is -0.493 e. The number of nitrogens with two attached hydrogens (primary N) is 1. The highest BCUT2D eigenvalue weighted by molar-refractivity contribution is 5.43. The van der Waals surface area contributed by atoms with Gasteiger partial charge in [-0.3, -0.25) is 0 Å². The van der Waals surface area contributed by atoms with E-state index in [1.165, 1.54) is 24.8 Å². The molecule has 0 heterocycles. The average molecular weight is 279 g/mol. The van der Waals surface area contributed by atoms with Gasteiger partial charge >= 0.3 is 0 Å². The van der Waals surface area contributed by atoms with Crippen LogP contribution in [0.15, 0.2) is 18.2 Å². The van der Waals surface area contributed by atoms with Crippen molar-refractivity contribution >= 4 is 0 Å². The van der Waals surface area contributed by atoms with Crippen LogP contribution in [0.2, 0.25) is 0 Å². The summed E-state index contributed by atoms with van der Waals surface area (Å²) in [6.07, 6.45) is 5.77. The summed E-state index contributed by atoms with van der Waals surface area (Å²) in [5.41, 5.74) is 6.81. The van der Waals surface area contributed by atoms with E-state index in [1.54, 1.807) is 7.11 Å². The van der Waals surface area contributed by atoms with Crippen molar-refractivity contribution in [2.24, 2.45) is 11.7 Å². The number of hydrogen-bond acceptors (Lipinski definition) is 3. The third-order valence-corrected chi connectivity index (χ3v) is 3.68. The van der Waals surface area contributed by atoms with E-state index < -0.39 is 0 Å². The molecular weight excluding hydrogens is 250 g/mol. The van der Waals surface area contributed by atoms with Crippen LogP contribution in [0, 0.1) is 5.92 Å². The van der Waals surface area contributed by atoms with Crippen molar-refractivity contribution in [3.05, 3.63) is 23.8 Å². The van der Waals surface area contributed by atoms with E-state index in [4.69, 9.17) is 15.2 Å². The zero-order chi connectivity index (χ0) is 14.8. The molecule has 0 spiro atoms. The highest BCUT2D eigenvalue weighted by atomic mass is 16.5. The Morgan fingerprint density at radius 3 is 2.60 bits per heavy atom. The molecule has 1 unspecified atom stereocenters. The Hall–Kier alpha value is -1.22. The molecule has 3 nitrogen and oxygen atoms in total. The van der Waals surface area contributed by atoms with Crippen LogP contribution in [0.3, 0.4) is 0 Å². The van der Waals surface area contributed by atoms with Gasteiger partial charge in [-0.1, -0.05) is 39.2 Å². The average Bonchev–Trinajstić information content (AvgIpc) is 2.48. The predicted molar refractivity (Wildman–Crippen MR) is 84.6 cm³/mol. The molecule has 1 aromatic rings. The summed E-state index contributed by atoms with van der Waals surface area (Å²) < 4.78 is 11.4. The Morgan fingerprint density at radius 2 is 2.00 bits per heavy atom. The summed E-state index contributed by atoms with van der Waals surface area (Å²) in [7, 11) is 1.68. The Labute approximate surface area is 123 Å². The lowest BCUT2D eigenvalue weighted by molar-refractivity contribution is 0.224. The molecule has 20 heavy (non-hydrogen) atoms. The van der Waals surface area contributed by atoms with E-state index in [2.05, 4.69) is 19.9 Å². The summed E-state index contributed by atoms with van der Waals surface area (Å²) in [4.78, 5) is 0. The molecular formula is C17H29NO2. The summed E-state index contributed by atoms with van der Waals surface area (Å²) in [6, 6.07) is 6.07. The Morgan fingerprint density at radius 1 is 1.20 bits per heavy atom. The third kappa shape index (κ3) is 5.41. The van der Waals surface area contributed by atoms with Crippen LogP contribution >= 0.6 is 0 Å². The maximum Gasteiger partial charge on any atom is 0.161 e. The van der Waals surface area contributed by atoms with Crippen molar-refractivity contribution in [2.45, 2.75) is 46.0 Å². The van der Waals surface area contributed by atoms with Gasteiger partial charge in [0.1, 0.15) is 0 Å². The van der Waals surface area contributed by atoms with Gasteiger partial charge in [-0.2, -0.15) is 0 Å². The number of benzene rings is 1. The van der Waals surface area contributed by atoms with Crippen LogP contribution in [0.25, 0.3) is 0 Å². The van der Waals surface area contributed by atoms with Gasteiger partial charge in [0.25, 0.3) is 0 Å². The van der Waals surface area contributed by atoms with Gasteiger partial charge in [-0.25, -0.2) is 0 Å². The topological polar surface area (TPSA) is 44.5 Å². The number of methoxy groups -OCH3 is 1. The molecule has 0 saturated carbocycles. The fourth-order valence-electron chi connectivity index (χ4n) is 2.26. The maximum atomic E-state index is 6.00. The summed E-state index contributed by atoms with van der Waals surface area (Å²) in [5.74, 6) is 2.27. The zero-order valence-electron chi connectivity index (χ0n) is 13.2. The van der Waals surface area contributed by atoms with Crippen molar-refractivity contribution in [1.82, 2.24) is 0 Å². The molecule has 0 bridgehead atoms. The second-order valence-electron chi connectivity index (χ2n) is 5.25. The van der Waals surface area contributed by atoms with Crippen molar-refractivity contribution in [3.63, 3.8) is 0 Å². The highest BCUT2D eigenvalue weighted by Crippen LogP contribution is 2.29. The van der Waals surface area contributed by atoms with Crippen LogP contribution < -0.4 is 15.2 Å². The smallest absolute Gasteiger partial charge is 0.161 e. The molecule has 3 heteroatoms. The van der Waals surface area contributed by atoms with E-state index in [0.717, 1.165) is 30.9 Å². The second kappa shape index (κ2) is 9.65. The van der Waals surface area contributed by atoms with Crippen molar-refractivity contribution < 1.29 is 9.47 Å². The van der Waals surface area contributed by atoms with Gasteiger partial charge in [0.05, 0.1) is 13.7 Å². The van der Waals surface area contributed by atoms with E-state index in [-0.39, 0.29) is 0 Å². The van der Waals surface area contributed by atoms with E-state index in [9.17, 15) is 0 Å². The second-order valence-corrected chi connectivity index (χ2v) is 5.25. The predicted octanol–water partition coefficient (Wildman–Crippen LogP) is 3.79. The molecule has 0 aliphatic carbocycles. The molecule has 2 N–H and O–H groups in total. The lowest BCUT2D eigenvalue weighted by atomic mass is 10.0. The van der Waals surface area contributed by atoms with Crippen LogP contribution in [0.5, 0.6) is 11.5 Å². The van der Waals surface area contributed by atoms with Gasteiger partial charge in [0, 0.05) is 0 Å². The van der Waals surface area contributed by atoms with Gasteiger partial charge < -0.3 is 15.2 Å². The standard InChI is InChI=1S/C17H29NO2/c1-4-6-7-14(5-2)13-20-17-12-15(10-11-18)8-9-16(17)19-3/h8-9,12,14H,4-7,10-11,13,18H2,1-3H3. The third-order valence-electron chi connectivity index (χ3n) is 3.68. The quantitative estimate of drug-likeness (QED) is 0.708. The molecule has 1 aromatic carbocycles. The lowest BCUT2D eigenvalue weighted by Gasteiger charge is -2.17. The van der Waals surface area contributed by atoms with Crippen LogP contribution in [-0.4, -0.2) is 20.3 Å². The fourth-order valence-corrected chi connectivity index (χ4v) is 2.26. The molecule has 0 aliphatic heterocycles. The summed E-state index contributed by atoms with van der Waals surface area (Å²) in [6.45, 7) is 5.87. The van der Waals surface area contributed by atoms with Crippen LogP contribution in [-0.2, 0) is 6.42 Å². The molecule has 0 amide bonds. The van der Waals surface area contributed by atoms with E-state index >= 15 is 0 Å². The summed E-state index contributed by atoms with van der Waals surface area (Å²) >= 11 is 0. The Bertz CT molecular complexity index is 379. The van der Waals surface area contributed by atoms with Gasteiger partial charge in [-0.15, -0.1) is 0 Å². The zero-order valence-corrected chi connectivity index (χ0v) is 13.2. The van der Waals surface area contributed by atoms with Crippen LogP contribution in [0.1, 0.15) is 45.1 Å². The first-order valence-corrected chi connectivity index (χ1v) is 7.74. The number of rotatable bonds is 10. The Kier molecular flexibility index (Phi) is 8.12. The SMILES string of the molecule is CCCCC(CC)COc1cc(CCN)ccc1OC. The number of unbranched alkanes of at least 4 members (excludes halogenated alkanes) is 1. The normalized spacial score (nSPS) is 12.2. The first-order valence-electron chi connectivity index (χ1n) is 7.74. The van der Waals surface area contributed by atoms with E-state index in [1.807, 2.05) is 12.1 Å². The lowest BCUT2D eigenvalue weighted by Crippen LogP contribution is -2.12. The van der Waals surface area contributed by atoms with Gasteiger partial charge in [-0.05, 0) is 43.0 Å². The first kappa shape index (κ1) is 16.8. The molecule has 0 aliphatic rings. The van der Waals surface area contributed by atoms with Crippen LogP contribution in [0.4, 0.5) is 0 Å². The summed E-state index contributed by atoms with van der Waals surface area (Å²) in [5, 5.41) is 0. The molecule has 114 valence electrons. The number of ether oxygens (including phenoxy) is 2. The minimum absolute atomic E-state index is 0.623. The maximum absolute atomic E-state index is 6.00. The molecule has 0 radical (unpaired) electrons. The van der Waals surface area contributed by atoms with Gasteiger partial charge in [0.15, 0.2) is 11.5 Å². The molecule has 0 fully saturated rings. The van der Waals surface area contributed by atoms with Crippen molar-refractivity contribution in [3.8, 4) is 11.5 Å². The number of hydrogen-bond donors (Lipinski definition) is 1. The van der Waals surface area contributed by atoms with Gasteiger partial charge in [0.2, 0.25) is 0 Å². The monoisotopic (exact) mass is 279 g/mol. The first-order chi connectivity index (χ1) is 9.74. The molecule has 0 aromatic heterocycles. The fraction of sp³-hybridized carbons (Fsp3) is 0.647.